The van der Waals surface area contributed by atoms with Gasteiger partial charge in [-0.2, -0.15) is 0 Å². The van der Waals surface area contributed by atoms with Gasteiger partial charge in [0.1, 0.15) is 12.2 Å². The van der Waals surface area contributed by atoms with E-state index in [1.54, 1.807) is 6.92 Å². The average Bonchev–Trinajstić information content (AvgIpc) is 2.96. The van der Waals surface area contributed by atoms with E-state index in [9.17, 15) is 19.5 Å². The number of allylic oxidation sites excluding steroid dienone is 2. The molecule has 0 spiro atoms. The number of rotatable bonds is 3. The lowest BCUT2D eigenvalue weighted by Gasteiger charge is -2.45. The maximum absolute atomic E-state index is 13.1. The highest BCUT2D eigenvalue weighted by atomic mass is 16.6. The highest BCUT2D eigenvalue weighted by Crippen LogP contribution is 2.59. The number of carbonyl (C=O) groups is 3. The number of hydrogen-bond acceptors (Lipinski definition) is 6. The summed E-state index contributed by atoms with van der Waals surface area (Å²) in [6, 6.07) is 0. The van der Waals surface area contributed by atoms with Gasteiger partial charge in [-0.05, 0) is 51.2 Å². The minimum absolute atomic E-state index is 0.0441. The van der Waals surface area contributed by atoms with E-state index < -0.39 is 40.5 Å². The minimum atomic E-state index is -1.06. The first-order valence-corrected chi connectivity index (χ1v) is 10.0. The van der Waals surface area contributed by atoms with Gasteiger partial charge in [0.05, 0.1) is 16.4 Å². The van der Waals surface area contributed by atoms with Crippen LogP contribution in [0.2, 0.25) is 0 Å². The van der Waals surface area contributed by atoms with Crippen molar-refractivity contribution in [2.75, 3.05) is 0 Å². The van der Waals surface area contributed by atoms with E-state index in [1.807, 2.05) is 13.0 Å². The zero-order valence-electron chi connectivity index (χ0n) is 16.7. The molecule has 3 aliphatic carbocycles. The molecule has 1 saturated heterocycles. The van der Waals surface area contributed by atoms with Crippen molar-refractivity contribution < 1.29 is 29.0 Å². The lowest BCUT2D eigenvalue weighted by Crippen LogP contribution is -2.53. The van der Waals surface area contributed by atoms with Gasteiger partial charge in [-0.1, -0.05) is 12.7 Å². The quantitative estimate of drug-likeness (QED) is 0.590. The molecule has 1 aliphatic heterocycles. The van der Waals surface area contributed by atoms with Crippen LogP contribution in [0.3, 0.4) is 0 Å². The number of carbonyl (C=O) groups excluding carboxylic acids is 3. The SMILES string of the molecule is C=C1C2C=CC(=O)C(CC3OC(=O)C4(C)CCCC(C)(O)C34)(C2)C1OC(C)=O. The second-order valence-corrected chi connectivity index (χ2v) is 9.51. The van der Waals surface area contributed by atoms with Crippen LogP contribution in [0.25, 0.3) is 0 Å². The highest BCUT2D eigenvalue weighted by Gasteiger charge is 2.66. The van der Waals surface area contributed by atoms with E-state index in [0.717, 1.165) is 6.42 Å². The molecule has 152 valence electrons. The molecule has 6 heteroatoms. The Morgan fingerprint density at radius 2 is 2.07 bits per heavy atom. The summed E-state index contributed by atoms with van der Waals surface area (Å²) in [5.41, 5.74) is -2.10. The van der Waals surface area contributed by atoms with Crippen LogP contribution < -0.4 is 0 Å². The van der Waals surface area contributed by atoms with Crippen LogP contribution in [-0.2, 0) is 23.9 Å². The second-order valence-electron chi connectivity index (χ2n) is 9.51. The molecule has 28 heavy (non-hydrogen) atoms. The van der Waals surface area contributed by atoms with Crippen molar-refractivity contribution in [1.82, 2.24) is 0 Å². The number of aliphatic hydroxyl groups is 1. The third-order valence-electron chi connectivity index (χ3n) is 7.55. The largest absolute Gasteiger partial charge is 0.461 e. The fraction of sp³-hybridized carbons (Fsp3) is 0.682. The fourth-order valence-electron chi connectivity index (χ4n) is 6.33. The van der Waals surface area contributed by atoms with Gasteiger partial charge in [-0.15, -0.1) is 0 Å². The van der Waals surface area contributed by atoms with Gasteiger partial charge in [0, 0.05) is 25.2 Å². The van der Waals surface area contributed by atoms with E-state index in [4.69, 9.17) is 9.47 Å². The summed E-state index contributed by atoms with van der Waals surface area (Å²) >= 11 is 0. The molecular formula is C22H28O6. The molecule has 2 saturated carbocycles. The third-order valence-corrected chi connectivity index (χ3v) is 7.55. The first-order valence-electron chi connectivity index (χ1n) is 10.0. The molecule has 1 N–H and O–H groups in total. The fourth-order valence-corrected chi connectivity index (χ4v) is 6.33. The molecule has 0 radical (unpaired) electrons. The topological polar surface area (TPSA) is 89.9 Å². The van der Waals surface area contributed by atoms with Crippen molar-refractivity contribution in [3.63, 3.8) is 0 Å². The van der Waals surface area contributed by atoms with Crippen molar-refractivity contribution in [3.8, 4) is 0 Å². The van der Waals surface area contributed by atoms with Crippen LogP contribution >= 0.6 is 0 Å². The summed E-state index contributed by atoms with van der Waals surface area (Å²) in [4.78, 5) is 37.5. The summed E-state index contributed by atoms with van der Waals surface area (Å²) in [6.07, 6.45) is 4.72. The van der Waals surface area contributed by atoms with Gasteiger partial charge in [0.2, 0.25) is 0 Å². The zero-order chi connectivity index (χ0) is 20.5. The first kappa shape index (κ1) is 19.4. The van der Waals surface area contributed by atoms with E-state index in [2.05, 4.69) is 6.58 Å². The predicted octanol–water partition coefficient (Wildman–Crippen LogP) is 2.49. The Balaban J connectivity index is 1.73. The monoisotopic (exact) mass is 388 g/mol. The predicted molar refractivity (Wildman–Crippen MR) is 99.9 cm³/mol. The zero-order valence-corrected chi connectivity index (χ0v) is 16.7. The van der Waals surface area contributed by atoms with Gasteiger partial charge >= 0.3 is 11.9 Å². The van der Waals surface area contributed by atoms with Gasteiger partial charge < -0.3 is 14.6 Å². The molecule has 0 aromatic heterocycles. The van der Waals surface area contributed by atoms with Crippen molar-refractivity contribution >= 4 is 17.7 Å². The molecule has 7 atom stereocenters. The lowest BCUT2D eigenvalue weighted by atomic mass is 9.58. The lowest BCUT2D eigenvalue weighted by molar-refractivity contribution is -0.158. The number of fused-ring (bicyclic) bond motifs is 3. The van der Waals surface area contributed by atoms with Crippen LogP contribution in [0.4, 0.5) is 0 Å². The number of ketones is 1. The molecule has 7 unspecified atom stereocenters. The summed E-state index contributed by atoms with van der Waals surface area (Å²) in [5.74, 6) is -1.36. The van der Waals surface area contributed by atoms with Crippen LogP contribution in [0.1, 0.15) is 52.9 Å². The van der Waals surface area contributed by atoms with E-state index in [-0.39, 0.29) is 24.1 Å². The van der Waals surface area contributed by atoms with Crippen molar-refractivity contribution in [2.45, 2.75) is 70.7 Å². The Hall–Kier alpha value is -1.95. The minimum Gasteiger partial charge on any atom is -0.461 e. The number of cyclic esters (lactones) is 1. The smallest absolute Gasteiger partial charge is 0.312 e. The van der Waals surface area contributed by atoms with E-state index in [0.29, 0.717) is 24.8 Å². The summed E-state index contributed by atoms with van der Waals surface area (Å²) in [7, 11) is 0. The molecule has 4 rings (SSSR count). The number of hydrogen-bond donors (Lipinski definition) is 1. The summed E-state index contributed by atoms with van der Waals surface area (Å²) in [6.45, 7) is 9.01. The Bertz CT molecular complexity index is 795. The van der Waals surface area contributed by atoms with Gasteiger partial charge in [0.15, 0.2) is 5.78 Å². The van der Waals surface area contributed by atoms with Crippen LogP contribution in [0, 0.1) is 22.7 Å². The van der Waals surface area contributed by atoms with E-state index in [1.165, 1.54) is 13.0 Å². The number of ether oxygens (including phenoxy) is 2. The van der Waals surface area contributed by atoms with Gasteiger partial charge in [-0.3, -0.25) is 14.4 Å². The van der Waals surface area contributed by atoms with Crippen LogP contribution in [0.5, 0.6) is 0 Å². The maximum atomic E-state index is 13.1. The Labute approximate surface area is 165 Å². The van der Waals surface area contributed by atoms with Gasteiger partial charge in [-0.25, -0.2) is 0 Å². The van der Waals surface area contributed by atoms with Crippen molar-refractivity contribution in [1.29, 1.82) is 0 Å². The molecule has 2 bridgehead atoms. The highest BCUT2D eigenvalue weighted by molar-refractivity contribution is 5.98. The average molecular weight is 388 g/mol. The Morgan fingerprint density at radius 3 is 2.75 bits per heavy atom. The third kappa shape index (κ3) is 2.53. The van der Waals surface area contributed by atoms with Crippen LogP contribution in [-0.4, -0.2) is 40.6 Å². The molecule has 3 fully saturated rings. The van der Waals surface area contributed by atoms with Gasteiger partial charge in [0.25, 0.3) is 0 Å². The summed E-state index contributed by atoms with van der Waals surface area (Å²) in [5, 5.41) is 11.1. The Morgan fingerprint density at radius 1 is 1.36 bits per heavy atom. The van der Waals surface area contributed by atoms with Crippen LogP contribution in [0.15, 0.2) is 24.3 Å². The maximum Gasteiger partial charge on any atom is 0.312 e. The normalized spacial score (nSPS) is 47.1. The molecule has 0 aromatic rings. The van der Waals surface area contributed by atoms with E-state index >= 15 is 0 Å². The molecular weight excluding hydrogens is 360 g/mol. The standard InChI is InChI=1S/C22H28O6/c1-12-14-6-7-16(24)22(10-14,18(12)27-13(2)23)11-15-17-20(3,19(25)28-15)8-5-9-21(17,4)26/h6-7,14-15,17-18,26H,1,5,8-11H2,2-4H3. The van der Waals surface area contributed by atoms with Crippen molar-refractivity contribution in [2.24, 2.45) is 22.7 Å². The molecule has 4 aliphatic rings. The molecule has 0 aromatic carbocycles. The molecule has 6 nitrogen and oxygen atoms in total. The second kappa shape index (κ2) is 6.02. The first-order chi connectivity index (χ1) is 13.0. The van der Waals surface area contributed by atoms with Crippen molar-refractivity contribution in [3.05, 3.63) is 24.3 Å². The number of esters is 2. The Kier molecular flexibility index (Phi) is 4.17. The molecule has 1 heterocycles. The molecule has 0 amide bonds. The summed E-state index contributed by atoms with van der Waals surface area (Å²) < 4.78 is 11.3.